The highest BCUT2D eigenvalue weighted by atomic mass is 31.3. The Balaban J connectivity index is 1.84. The van der Waals surface area contributed by atoms with Crippen molar-refractivity contribution < 1.29 is 71.4 Å². The van der Waals surface area contributed by atoms with Crippen molar-refractivity contribution in [2.24, 2.45) is 0 Å². The number of aromatic nitrogens is 2. The number of aliphatic hydroxyl groups is 3. The van der Waals surface area contributed by atoms with Crippen molar-refractivity contribution in [2.75, 3.05) is 32.2 Å². The van der Waals surface area contributed by atoms with Crippen molar-refractivity contribution >= 4 is 33.4 Å². The van der Waals surface area contributed by atoms with Crippen LogP contribution in [0.25, 0.3) is 0 Å². The molecule has 1 aliphatic heterocycles. The molecule has 0 bridgehead atoms. The number of ether oxygens (including phenoxy) is 3. The van der Waals surface area contributed by atoms with Gasteiger partial charge in [-0.05, 0) is 102 Å². The first kappa shape index (κ1) is 64.8. The number of carbonyl (C=O) groups is 2. The molecule has 1 aromatic rings. The number of hydrogen-bond donors (Lipinski definition) is 6. The zero-order chi connectivity index (χ0) is 53.4. The molecule has 1 aromatic heterocycles. The number of aliphatic hydroxyl groups excluding tert-OH is 3. The highest BCUT2D eigenvalue weighted by molar-refractivity contribution is 7.61. The van der Waals surface area contributed by atoms with Gasteiger partial charge in [-0.3, -0.25) is 23.2 Å². The van der Waals surface area contributed by atoms with E-state index in [9.17, 15) is 43.5 Å². The van der Waals surface area contributed by atoms with Gasteiger partial charge in [0.05, 0.1) is 13.2 Å². The van der Waals surface area contributed by atoms with E-state index >= 15 is 0 Å². The maximum absolute atomic E-state index is 12.9. The van der Waals surface area contributed by atoms with Gasteiger partial charge < -0.3 is 45.1 Å². The number of allylic oxidation sites excluding steroid dienone is 16. The molecule has 0 aliphatic carbocycles. The van der Waals surface area contributed by atoms with Gasteiger partial charge in [-0.25, -0.2) is 13.9 Å². The standard InChI is InChI=1S/C52H81N3O16P2/c1-2-3-4-5-6-7-8-9-10-12-15-18-21-24-27-30-33-36-47(57)66-41-44(69-48(58)37-34-31-28-25-22-19-16-13-11-14-17-20-23-26-29-32-35-40-56)42-67-72(62,63)71-73(64,65)68-43-45-49(59)50(60)51(70-45)55-39-38-46(53)54-52(55)61/h3-4,6-7,9-11,14-16,18-20,23,25,28,38-39,44-45,49-51,56,59-60H,2,5,8,12-13,17,21-22,24,26-27,29-37,40-43H2,1H3,(H,62,63)(H,64,65)(H2,53,54,61)/b4-3-,7-6-,10-9-,14-11-,18-15-,19-16-,23-20-,28-25-/t44-,45-,49-,50-,51-/m1/s1. The Morgan fingerprint density at radius 1 is 0.685 bits per heavy atom. The third-order valence-electron chi connectivity index (χ3n) is 10.7. The van der Waals surface area contributed by atoms with Crippen molar-refractivity contribution in [3.63, 3.8) is 0 Å². The fraction of sp³-hybridized carbons (Fsp3) is 0.577. The first-order chi connectivity index (χ1) is 35.2. The number of phosphoric ester groups is 2. The van der Waals surface area contributed by atoms with Crippen LogP contribution in [0.15, 0.2) is 114 Å². The van der Waals surface area contributed by atoms with Crippen LogP contribution in [0.5, 0.6) is 0 Å². The summed E-state index contributed by atoms with van der Waals surface area (Å²) in [5.41, 5.74) is 4.58. The van der Waals surface area contributed by atoms with Crippen LogP contribution in [0.3, 0.4) is 0 Å². The second-order valence-corrected chi connectivity index (χ2v) is 20.0. The lowest BCUT2D eigenvalue weighted by atomic mass is 10.1. The number of anilines is 1. The summed E-state index contributed by atoms with van der Waals surface area (Å²) < 4.78 is 56.7. The molecule has 0 saturated carbocycles. The Labute approximate surface area is 431 Å². The smallest absolute Gasteiger partial charge is 0.462 e. The summed E-state index contributed by atoms with van der Waals surface area (Å²) in [7, 11) is -10.9. The quantitative estimate of drug-likeness (QED) is 0.0154. The molecule has 0 spiro atoms. The zero-order valence-corrected chi connectivity index (χ0v) is 44.1. The predicted octanol–water partition coefficient (Wildman–Crippen LogP) is 9.41. The summed E-state index contributed by atoms with van der Waals surface area (Å²) >= 11 is 0. The third kappa shape index (κ3) is 32.5. The van der Waals surface area contributed by atoms with Crippen molar-refractivity contribution in [2.45, 2.75) is 166 Å². The molecule has 7 N–H and O–H groups in total. The molecular weight excluding hydrogens is 985 g/mol. The highest BCUT2D eigenvalue weighted by Gasteiger charge is 2.46. The number of rotatable bonds is 41. The first-order valence-corrected chi connectivity index (χ1v) is 28.3. The Hall–Kier alpha value is -4.36. The minimum atomic E-state index is -5.45. The average Bonchev–Trinajstić information content (AvgIpc) is 3.63. The van der Waals surface area contributed by atoms with E-state index in [0.717, 1.165) is 101 Å². The van der Waals surface area contributed by atoms with Crippen molar-refractivity contribution in [1.29, 1.82) is 0 Å². The number of nitrogen functional groups attached to an aromatic ring is 1. The lowest BCUT2D eigenvalue weighted by Crippen LogP contribution is -2.36. The molecule has 410 valence electrons. The minimum Gasteiger partial charge on any atom is -0.462 e. The number of carbonyl (C=O) groups excluding carboxylic acids is 2. The summed E-state index contributed by atoms with van der Waals surface area (Å²) in [4.78, 5) is 61.9. The van der Waals surface area contributed by atoms with Crippen LogP contribution in [-0.4, -0.2) is 97.4 Å². The Morgan fingerprint density at radius 2 is 1.18 bits per heavy atom. The lowest BCUT2D eigenvalue weighted by molar-refractivity contribution is -0.161. The summed E-state index contributed by atoms with van der Waals surface area (Å²) in [6.45, 7) is -0.0496. The fourth-order valence-electron chi connectivity index (χ4n) is 6.80. The van der Waals surface area contributed by atoms with Crippen LogP contribution in [0, 0.1) is 0 Å². The Bertz CT molecular complexity index is 2100. The van der Waals surface area contributed by atoms with Gasteiger partial charge in [0.15, 0.2) is 12.3 Å². The largest absolute Gasteiger partial charge is 0.481 e. The molecule has 21 heteroatoms. The molecule has 19 nitrogen and oxygen atoms in total. The maximum atomic E-state index is 12.9. The van der Waals surface area contributed by atoms with E-state index in [4.69, 9.17) is 34.1 Å². The number of unbranched alkanes of at least 4 members (excludes halogenated alkanes) is 8. The van der Waals surface area contributed by atoms with Crippen LogP contribution >= 0.6 is 15.6 Å². The monoisotopic (exact) mass is 1070 g/mol. The molecular formula is C52H81N3O16P2. The maximum Gasteiger partial charge on any atom is 0.481 e. The summed E-state index contributed by atoms with van der Waals surface area (Å²) in [5.74, 6) is -1.42. The second-order valence-electron chi connectivity index (χ2n) is 17.0. The predicted molar refractivity (Wildman–Crippen MR) is 281 cm³/mol. The van der Waals surface area contributed by atoms with Gasteiger partial charge in [-0.2, -0.15) is 9.29 Å². The zero-order valence-electron chi connectivity index (χ0n) is 42.3. The third-order valence-corrected chi connectivity index (χ3v) is 13.3. The number of hydrogen-bond acceptors (Lipinski definition) is 16. The molecule has 7 atom stereocenters. The van der Waals surface area contributed by atoms with Gasteiger partial charge in [-0.1, -0.05) is 123 Å². The molecule has 1 fully saturated rings. The van der Waals surface area contributed by atoms with Crippen LogP contribution in [-0.2, 0) is 46.3 Å². The van der Waals surface area contributed by atoms with E-state index in [1.165, 1.54) is 6.07 Å². The lowest BCUT2D eigenvalue weighted by Gasteiger charge is -2.21. The van der Waals surface area contributed by atoms with E-state index < -0.39 is 83.7 Å². The van der Waals surface area contributed by atoms with Crippen LogP contribution in [0.1, 0.15) is 142 Å². The topological polar surface area (TPSA) is 286 Å². The van der Waals surface area contributed by atoms with Crippen molar-refractivity contribution in [3.8, 4) is 0 Å². The molecule has 0 amide bonds. The number of esters is 2. The SMILES string of the molecule is CC/C=C\C/C=C\C/C=C\C/C=C\CCCCCCC(=O)OC[C@H](COP(=O)(O)OP(=O)(O)OC[C@H]1O[C@@H](n2ccc(N)nc2=O)[C@H](O)[C@@H]1O)OC(=O)CCC/C=C\C/C=C\C/C=C\C/C=C\CCCCCO. The van der Waals surface area contributed by atoms with Crippen molar-refractivity contribution in [3.05, 3.63) is 120 Å². The first-order valence-electron chi connectivity index (χ1n) is 25.4. The molecule has 0 radical (unpaired) electrons. The Kier molecular flexibility index (Phi) is 35.5. The number of phosphoric acid groups is 2. The van der Waals surface area contributed by atoms with Crippen molar-refractivity contribution in [1.82, 2.24) is 9.55 Å². The summed E-state index contributed by atoms with van der Waals surface area (Å²) in [6.07, 6.45) is 42.2. The molecule has 2 unspecified atom stereocenters. The normalized spacial score (nSPS) is 19.8. The minimum absolute atomic E-state index is 0.0471. The van der Waals surface area contributed by atoms with Gasteiger partial charge in [0.1, 0.15) is 30.7 Å². The van der Waals surface area contributed by atoms with E-state index in [2.05, 4.69) is 95.2 Å². The van der Waals surface area contributed by atoms with Crippen LogP contribution in [0.2, 0.25) is 0 Å². The fourth-order valence-corrected chi connectivity index (χ4v) is 8.91. The molecule has 1 saturated heterocycles. The molecule has 73 heavy (non-hydrogen) atoms. The molecule has 1 aliphatic rings. The van der Waals surface area contributed by atoms with Crippen LogP contribution in [0.4, 0.5) is 5.82 Å². The van der Waals surface area contributed by atoms with Gasteiger partial charge in [0, 0.05) is 25.6 Å². The van der Waals surface area contributed by atoms with Gasteiger partial charge in [0.25, 0.3) is 0 Å². The summed E-state index contributed by atoms with van der Waals surface area (Å²) in [5, 5.41) is 29.7. The number of nitrogens with zero attached hydrogens (tertiary/aromatic N) is 2. The molecule has 0 aromatic carbocycles. The highest BCUT2D eigenvalue weighted by Crippen LogP contribution is 2.60. The molecule has 2 rings (SSSR count). The second kappa shape index (κ2) is 40.0. The van der Waals surface area contributed by atoms with Gasteiger partial charge in [-0.15, -0.1) is 0 Å². The molecule has 2 heterocycles. The van der Waals surface area contributed by atoms with Gasteiger partial charge in [0.2, 0.25) is 0 Å². The van der Waals surface area contributed by atoms with Crippen LogP contribution < -0.4 is 11.4 Å². The Morgan fingerprint density at radius 3 is 1.73 bits per heavy atom. The number of nitrogens with two attached hydrogens (primary N) is 1. The average molecular weight is 1070 g/mol. The van der Waals surface area contributed by atoms with E-state index in [1.54, 1.807) is 0 Å². The van der Waals surface area contributed by atoms with Gasteiger partial charge >= 0.3 is 33.3 Å². The van der Waals surface area contributed by atoms with E-state index in [-0.39, 0.29) is 25.3 Å². The van der Waals surface area contributed by atoms with E-state index in [1.807, 2.05) is 18.2 Å². The van der Waals surface area contributed by atoms with E-state index in [0.29, 0.717) is 25.7 Å². The summed E-state index contributed by atoms with van der Waals surface area (Å²) in [6, 6.07) is 1.24.